The number of hydrogen-bond acceptors (Lipinski definition) is 6. The first-order valence-corrected chi connectivity index (χ1v) is 10.5. The number of thioether (sulfide) groups is 1. The monoisotopic (exact) mass is 422 g/mol. The summed E-state index contributed by atoms with van der Waals surface area (Å²) in [6.45, 7) is 0. The van der Waals surface area contributed by atoms with Gasteiger partial charge in [0, 0.05) is 18.0 Å². The highest BCUT2D eigenvalue weighted by molar-refractivity contribution is 8.18. The molecule has 4 rings (SSSR count). The third-order valence-corrected chi connectivity index (χ3v) is 6.13. The van der Waals surface area contributed by atoms with Crippen LogP contribution in [0.5, 0.6) is 5.75 Å². The van der Waals surface area contributed by atoms with Crippen molar-refractivity contribution in [1.82, 2.24) is 4.90 Å². The molecule has 1 aliphatic heterocycles. The van der Waals surface area contributed by atoms with E-state index < -0.39 is 0 Å². The minimum Gasteiger partial charge on any atom is -0.497 e. The molecule has 2 aromatic carbocycles. The molecular formula is C22H18N2O3S2. The molecule has 1 aliphatic rings. The SMILES string of the molecule is COc1ccc(N=C2S/C(=C\c3ccc(Sc4ccccc4)o3)C(=O)N2C)cc1. The molecule has 0 bridgehead atoms. The first-order valence-electron chi connectivity index (χ1n) is 8.85. The second-order valence-electron chi connectivity index (χ2n) is 6.14. The number of ether oxygens (including phenoxy) is 1. The highest BCUT2D eigenvalue weighted by Crippen LogP contribution is 2.35. The fraction of sp³-hybridized carbons (Fsp3) is 0.0909. The zero-order valence-electron chi connectivity index (χ0n) is 15.9. The number of aliphatic imine (C=N–C) groups is 1. The first-order chi connectivity index (χ1) is 14.1. The number of carbonyl (C=O) groups is 1. The molecule has 29 heavy (non-hydrogen) atoms. The Morgan fingerprint density at radius 1 is 1.07 bits per heavy atom. The van der Waals surface area contributed by atoms with Gasteiger partial charge in [0.25, 0.3) is 5.91 Å². The zero-order valence-corrected chi connectivity index (χ0v) is 17.5. The van der Waals surface area contributed by atoms with Gasteiger partial charge in [-0.25, -0.2) is 4.99 Å². The van der Waals surface area contributed by atoms with Crippen LogP contribution >= 0.6 is 23.5 Å². The molecule has 146 valence electrons. The third-order valence-electron chi connectivity index (χ3n) is 4.14. The minimum atomic E-state index is -0.101. The lowest BCUT2D eigenvalue weighted by molar-refractivity contribution is -0.121. The molecule has 0 saturated carbocycles. The van der Waals surface area contributed by atoms with Gasteiger partial charge in [-0.2, -0.15) is 0 Å². The molecule has 3 aromatic rings. The number of carbonyl (C=O) groups excluding carboxylic acids is 1. The van der Waals surface area contributed by atoms with Crippen LogP contribution in [0, 0.1) is 0 Å². The van der Waals surface area contributed by atoms with E-state index in [1.807, 2.05) is 66.7 Å². The summed E-state index contributed by atoms with van der Waals surface area (Å²) in [4.78, 5) is 20.4. The van der Waals surface area contributed by atoms with E-state index in [4.69, 9.17) is 9.15 Å². The molecule has 1 aromatic heterocycles. The molecule has 0 spiro atoms. The summed E-state index contributed by atoms with van der Waals surface area (Å²) >= 11 is 2.87. The lowest BCUT2D eigenvalue weighted by Crippen LogP contribution is -2.23. The lowest BCUT2D eigenvalue weighted by atomic mass is 10.3. The van der Waals surface area contributed by atoms with Crippen LogP contribution in [0.15, 0.2) is 91.0 Å². The van der Waals surface area contributed by atoms with E-state index in [0.29, 0.717) is 15.8 Å². The summed E-state index contributed by atoms with van der Waals surface area (Å²) in [5.74, 6) is 1.30. The summed E-state index contributed by atoms with van der Waals surface area (Å²) in [6.07, 6.45) is 1.76. The van der Waals surface area contributed by atoms with Gasteiger partial charge in [0.05, 0.1) is 17.7 Å². The Bertz CT molecular complexity index is 1070. The van der Waals surface area contributed by atoms with Gasteiger partial charge in [0.15, 0.2) is 10.3 Å². The average Bonchev–Trinajstić information content (AvgIpc) is 3.29. The summed E-state index contributed by atoms with van der Waals surface area (Å²) < 4.78 is 11.0. The fourth-order valence-electron chi connectivity index (χ4n) is 2.62. The highest BCUT2D eigenvalue weighted by Gasteiger charge is 2.30. The number of furan rings is 1. The van der Waals surface area contributed by atoms with Crippen molar-refractivity contribution in [2.24, 2.45) is 4.99 Å². The molecular weight excluding hydrogens is 404 g/mol. The average molecular weight is 423 g/mol. The Morgan fingerprint density at radius 3 is 2.55 bits per heavy atom. The van der Waals surface area contributed by atoms with E-state index in [0.717, 1.165) is 21.4 Å². The van der Waals surface area contributed by atoms with E-state index in [1.54, 1.807) is 36.9 Å². The van der Waals surface area contributed by atoms with Crippen LogP contribution in [-0.2, 0) is 4.79 Å². The lowest BCUT2D eigenvalue weighted by Gasteiger charge is -2.07. The number of hydrogen-bond donors (Lipinski definition) is 0. The molecule has 5 nitrogen and oxygen atoms in total. The van der Waals surface area contributed by atoms with Crippen LogP contribution < -0.4 is 4.74 Å². The molecule has 1 amide bonds. The van der Waals surface area contributed by atoms with E-state index in [1.165, 1.54) is 11.8 Å². The molecule has 0 atom stereocenters. The smallest absolute Gasteiger partial charge is 0.266 e. The van der Waals surface area contributed by atoms with Crippen molar-refractivity contribution in [2.75, 3.05) is 14.2 Å². The van der Waals surface area contributed by atoms with Crippen LogP contribution in [0.1, 0.15) is 5.76 Å². The number of amidine groups is 1. The minimum absolute atomic E-state index is 0.101. The highest BCUT2D eigenvalue weighted by atomic mass is 32.2. The maximum atomic E-state index is 12.6. The number of rotatable bonds is 5. The van der Waals surface area contributed by atoms with Gasteiger partial charge >= 0.3 is 0 Å². The van der Waals surface area contributed by atoms with E-state index in [9.17, 15) is 4.79 Å². The molecule has 0 aliphatic carbocycles. The molecule has 2 heterocycles. The number of methoxy groups -OCH3 is 1. The van der Waals surface area contributed by atoms with Crippen LogP contribution in [0.3, 0.4) is 0 Å². The largest absolute Gasteiger partial charge is 0.497 e. The van der Waals surface area contributed by atoms with Crippen molar-refractivity contribution in [3.8, 4) is 5.75 Å². The summed E-state index contributed by atoms with van der Waals surface area (Å²) in [5.41, 5.74) is 0.758. The van der Waals surface area contributed by atoms with Crippen LogP contribution in [0.25, 0.3) is 6.08 Å². The third kappa shape index (κ3) is 4.58. The second-order valence-corrected chi connectivity index (χ2v) is 8.23. The molecule has 0 radical (unpaired) electrons. The first kappa shape index (κ1) is 19.4. The van der Waals surface area contributed by atoms with Gasteiger partial charge in [-0.1, -0.05) is 30.0 Å². The number of likely N-dealkylation sites (N-methyl/N-ethyl adjacent to an activating group) is 1. The number of nitrogens with zero attached hydrogens (tertiary/aromatic N) is 2. The van der Waals surface area contributed by atoms with Crippen molar-refractivity contribution in [3.63, 3.8) is 0 Å². The fourth-order valence-corrected chi connectivity index (χ4v) is 4.39. The Balaban J connectivity index is 1.51. The van der Waals surface area contributed by atoms with Gasteiger partial charge in [0.2, 0.25) is 0 Å². The maximum absolute atomic E-state index is 12.6. The summed E-state index contributed by atoms with van der Waals surface area (Å²) in [5, 5.41) is 1.40. The van der Waals surface area contributed by atoms with Gasteiger partial charge in [-0.15, -0.1) is 0 Å². The van der Waals surface area contributed by atoms with Gasteiger partial charge in [-0.3, -0.25) is 9.69 Å². The molecule has 0 unspecified atom stereocenters. The molecule has 0 N–H and O–H groups in total. The Morgan fingerprint density at radius 2 is 1.83 bits per heavy atom. The summed E-state index contributed by atoms with van der Waals surface area (Å²) in [7, 11) is 3.34. The summed E-state index contributed by atoms with van der Waals surface area (Å²) in [6, 6.07) is 21.2. The molecule has 1 fully saturated rings. The van der Waals surface area contributed by atoms with E-state index in [2.05, 4.69) is 4.99 Å². The van der Waals surface area contributed by atoms with Crippen LogP contribution in [-0.4, -0.2) is 30.1 Å². The number of benzene rings is 2. The van der Waals surface area contributed by atoms with E-state index in [-0.39, 0.29) is 5.91 Å². The van der Waals surface area contributed by atoms with Crippen LogP contribution in [0.2, 0.25) is 0 Å². The molecule has 1 saturated heterocycles. The van der Waals surface area contributed by atoms with Crippen molar-refractivity contribution in [3.05, 3.63) is 77.4 Å². The number of amides is 1. The van der Waals surface area contributed by atoms with Crippen molar-refractivity contribution in [2.45, 2.75) is 9.99 Å². The normalized spacial score (nSPS) is 16.8. The zero-order chi connectivity index (χ0) is 20.2. The topological polar surface area (TPSA) is 55.0 Å². The maximum Gasteiger partial charge on any atom is 0.266 e. The Hall–Kier alpha value is -2.90. The van der Waals surface area contributed by atoms with Crippen molar-refractivity contribution in [1.29, 1.82) is 0 Å². The second kappa shape index (κ2) is 8.63. The molecule has 7 heteroatoms. The predicted octanol–water partition coefficient (Wildman–Crippen LogP) is 5.67. The predicted molar refractivity (Wildman–Crippen MR) is 118 cm³/mol. The van der Waals surface area contributed by atoms with Gasteiger partial charge in [-0.05, 0) is 60.3 Å². The van der Waals surface area contributed by atoms with Crippen LogP contribution in [0.4, 0.5) is 5.69 Å². The quantitative estimate of drug-likeness (QED) is 0.496. The van der Waals surface area contributed by atoms with Crippen molar-refractivity contribution < 1.29 is 13.9 Å². The van der Waals surface area contributed by atoms with E-state index >= 15 is 0 Å². The Labute approximate surface area is 177 Å². The van der Waals surface area contributed by atoms with Gasteiger partial charge < -0.3 is 9.15 Å². The Kier molecular flexibility index (Phi) is 5.78. The standard InChI is InChI=1S/C22H18N2O3S2/c1-24-21(25)19(29-22(24)23-15-8-10-16(26-2)11-9-15)14-17-12-13-20(27-17)28-18-6-4-3-5-7-18/h3-14H,1-2H3/b19-14-,23-22?. The van der Waals surface area contributed by atoms with Crippen molar-refractivity contribution >= 4 is 46.4 Å². The van der Waals surface area contributed by atoms with Gasteiger partial charge in [0.1, 0.15) is 11.5 Å².